The summed E-state index contributed by atoms with van der Waals surface area (Å²) < 4.78 is 4.34. The van der Waals surface area contributed by atoms with Crippen LogP contribution in [0.3, 0.4) is 0 Å². The lowest BCUT2D eigenvalue weighted by Gasteiger charge is -2.17. The molecule has 134 valence electrons. The van der Waals surface area contributed by atoms with Crippen molar-refractivity contribution < 1.29 is 0 Å². The Morgan fingerprint density at radius 2 is 2.00 bits per heavy atom. The highest BCUT2D eigenvalue weighted by Gasteiger charge is 2.25. The first-order valence-corrected chi connectivity index (χ1v) is 9.37. The maximum absolute atomic E-state index is 4.75. The van der Waals surface area contributed by atoms with Crippen LogP contribution in [-0.2, 0) is 0 Å². The van der Waals surface area contributed by atoms with Crippen molar-refractivity contribution in [3.8, 4) is 11.3 Å². The van der Waals surface area contributed by atoms with E-state index in [2.05, 4.69) is 36.7 Å². The molecule has 0 spiro atoms. The smallest absolute Gasteiger partial charge is 0.238 e. The van der Waals surface area contributed by atoms with Crippen LogP contribution in [0.1, 0.15) is 6.42 Å². The molecule has 0 radical (unpaired) electrons. The number of hydrogen-bond acceptors (Lipinski definition) is 8. The van der Waals surface area contributed by atoms with Gasteiger partial charge in [-0.25, -0.2) is 9.97 Å². The van der Waals surface area contributed by atoms with Gasteiger partial charge in [-0.3, -0.25) is 0 Å². The number of nitrogens with zero attached hydrogens (tertiary/aromatic N) is 6. The minimum Gasteiger partial charge on any atom is -0.356 e. The summed E-state index contributed by atoms with van der Waals surface area (Å²) in [4.78, 5) is 17.8. The molecule has 0 aliphatic carbocycles. The average Bonchev–Trinajstić information content (AvgIpc) is 3.33. The molecular weight excluding hydrogens is 346 g/mol. The van der Waals surface area contributed by atoms with Gasteiger partial charge in [0.1, 0.15) is 0 Å². The van der Waals surface area contributed by atoms with Crippen LogP contribution in [0, 0.1) is 0 Å². The first-order chi connectivity index (χ1) is 12.7. The highest BCUT2D eigenvalue weighted by Crippen LogP contribution is 2.24. The van der Waals surface area contributed by atoms with E-state index in [1.807, 2.05) is 49.5 Å². The van der Waals surface area contributed by atoms with E-state index in [-0.39, 0.29) is 0 Å². The molecule has 8 heteroatoms. The number of aromatic nitrogens is 4. The summed E-state index contributed by atoms with van der Waals surface area (Å²) in [5, 5.41) is 4.34. The molecule has 3 heterocycles. The molecule has 1 N–H and O–H groups in total. The SMILES string of the molecule is CN(C)c1nsc(NC2CCN(c3nccc(-c4ccccc4)n3)C2)n1. The molecule has 1 aliphatic heterocycles. The molecule has 1 unspecified atom stereocenters. The number of anilines is 3. The number of hydrogen-bond donors (Lipinski definition) is 1. The molecule has 4 rings (SSSR count). The van der Waals surface area contributed by atoms with Crippen molar-refractivity contribution in [1.82, 2.24) is 19.3 Å². The van der Waals surface area contributed by atoms with Crippen LogP contribution >= 0.6 is 11.5 Å². The molecule has 7 nitrogen and oxygen atoms in total. The molecule has 0 saturated carbocycles. The Labute approximate surface area is 156 Å². The summed E-state index contributed by atoms with van der Waals surface area (Å²) in [6.07, 6.45) is 2.86. The van der Waals surface area contributed by atoms with Gasteiger partial charge in [0, 0.05) is 56.5 Å². The summed E-state index contributed by atoms with van der Waals surface area (Å²) >= 11 is 1.40. The van der Waals surface area contributed by atoms with E-state index in [1.165, 1.54) is 11.5 Å². The second-order valence-corrected chi connectivity index (χ2v) is 7.23. The molecule has 2 aromatic heterocycles. The topological polar surface area (TPSA) is 70.1 Å². The van der Waals surface area contributed by atoms with E-state index >= 15 is 0 Å². The molecule has 1 aromatic carbocycles. The van der Waals surface area contributed by atoms with Gasteiger partial charge in [0.2, 0.25) is 17.0 Å². The fourth-order valence-electron chi connectivity index (χ4n) is 2.96. The van der Waals surface area contributed by atoms with Crippen molar-refractivity contribution >= 4 is 28.6 Å². The molecule has 1 saturated heterocycles. The molecule has 1 fully saturated rings. The maximum Gasteiger partial charge on any atom is 0.238 e. The van der Waals surface area contributed by atoms with Gasteiger partial charge in [-0.15, -0.1) is 0 Å². The normalized spacial score (nSPS) is 16.7. The molecular formula is C18H21N7S. The van der Waals surface area contributed by atoms with Gasteiger partial charge in [0.05, 0.1) is 5.69 Å². The van der Waals surface area contributed by atoms with E-state index in [0.717, 1.165) is 47.8 Å². The van der Waals surface area contributed by atoms with Gasteiger partial charge in [0.15, 0.2) is 0 Å². The second kappa shape index (κ2) is 7.25. The van der Waals surface area contributed by atoms with Gasteiger partial charge < -0.3 is 15.1 Å². The fraction of sp³-hybridized carbons (Fsp3) is 0.333. The van der Waals surface area contributed by atoms with Crippen molar-refractivity contribution in [2.45, 2.75) is 12.5 Å². The van der Waals surface area contributed by atoms with Crippen molar-refractivity contribution in [1.29, 1.82) is 0 Å². The molecule has 1 atom stereocenters. The van der Waals surface area contributed by atoms with Gasteiger partial charge in [-0.1, -0.05) is 30.3 Å². The number of benzene rings is 1. The zero-order valence-corrected chi connectivity index (χ0v) is 15.6. The van der Waals surface area contributed by atoms with Crippen LogP contribution in [0.2, 0.25) is 0 Å². The van der Waals surface area contributed by atoms with Gasteiger partial charge in [-0.05, 0) is 12.5 Å². The highest BCUT2D eigenvalue weighted by atomic mass is 32.1. The van der Waals surface area contributed by atoms with Gasteiger partial charge >= 0.3 is 0 Å². The third-order valence-corrected chi connectivity index (χ3v) is 4.96. The second-order valence-electron chi connectivity index (χ2n) is 6.48. The predicted molar refractivity (Wildman–Crippen MR) is 106 cm³/mol. The minimum atomic E-state index is 0.321. The van der Waals surface area contributed by atoms with E-state index in [4.69, 9.17) is 4.98 Å². The Bertz CT molecular complexity index is 865. The Morgan fingerprint density at radius 3 is 2.77 bits per heavy atom. The van der Waals surface area contributed by atoms with Crippen molar-refractivity contribution in [2.24, 2.45) is 0 Å². The van der Waals surface area contributed by atoms with E-state index in [9.17, 15) is 0 Å². The largest absolute Gasteiger partial charge is 0.356 e. The molecule has 0 bridgehead atoms. The first kappa shape index (κ1) is 16.7. The van der Waals surface area contributed by atoms with Crippen LogP contribution in [-0.4, -0.2) is 52.6 Å². The third-order valence-electron chi connectivity index (χ3n) is 4.33. The quantitative estimate of drug-likeness (QED) is 0.743. The van der Waals surface area contributed by atoms with E-state index < -0.39 is 0 Å². The lowest BCUT2D eigenvalue weighted by molar-refractivity contribution is 0.802. The molecule has 1 aliphatic rings. The lowest BCUT2D eigenvalue weighted by Crippen LogP contribution is -2.27. The monoisotopic (exact) mass is 367 g/mol. The summed E-state index contributed by atoms with van der Waals surface area (Å²) in [5.41, 5.74) is 2.06. The standard InChI is InChI=1S/C18H21N7S/c1-24(2)17-22-18(26-23-17)20-14-9-11-25(12-14)16-19-10-8-15(21-16)13-6-4-3-5-7-13/h3-8,10,14H,9,11-12H2,1-2H3,(H,20,22,23). The van der Waals surface area contributed by atoms with Crippen LogP contribution in [0.4, 0.5) is 17.0 Å². The zero-order chi connectivity index (χ0) is 17.9. The van der Waals surface area contributed by atoms with Crippen molar-refractivity contribution in [2.75, 3.05) is 42.3 Å². The Balaban J connectivity index is 1.43. The summed E-state index contributed by atoms with van der Waals surface area (Å²) in [5.74, 6) is 1.52. The average molecular weight is 367 g/mol. The van der Waals surface area contributed by atoms with Crippen molar-refractivity contribution in [3.63, 3.8) is 0 Å². The summed E-state index contributed by atoms with van der Waals surface area (Å²) in [7, 11) is 3.89. The Hall–Kier alpha value is -2.74. The van der Waals surface area contributed by atoms with Gasteiger partial charge in [-0.2, -0.15) is 9.36 Å². The van der Waals surface area contributed by atoms with Crippen LogP contribution in [0.15, 0.2) is 42.6 Å². The zero-order valence-electron chi connectivity index (χ0n) is 14.8. The van der Waals surface area contributed by atoms with Gasteiger partial charge in [0.25, 0.3) is 0 Å². The van der Waals surface area contributed by atoms with Crippen LogP contribution < -0.4 is 15.1 Å². The Morgan fingerprint density at radius 1 is 1.15 bits per heavy atom. The summed E-state index contributed by atoms with van der Waals surface area (Å²) in [6.45, 7) is 1.78. The maximum atomic E-state index is 4.75. The molecule has 0 amide bonds. The summed E-state index contributed by atoms with van der Waals surface area (Å²) in [6, 6.07) is 12.5. The third kappa shape index (κ3) is 3.60. The molecule has 26 heavy (non-hydrogen) atoms. The van der Waals surface area contributed by atoms with Crippen LogP contribution in [0.25, 0.3) is 11.3 Å². The number of nitrogens with one attached hydrogen (secondary N) is 1. The predicted octanol–water partition coefficient (Wildman–Crippen LogP) is 2.75. The fourth-order valence-corrected chi connectivity index (χ4v) is 3.67. The molecule has 3 aromatic rings. The lowest BCUT2D eigenvalue weighted by atomic mass is 10.1. The Kier molecular flexibility index (Phi) is 4.66. The highest BCUT2D eigenvalue weighted by molar-refractivity contribution is 7.09. The van der Waals surface area contributed by atoms with Crippen LogP contribution in [0.5, 0.6) is 0 Å². The first-order valence-electron chi connectivity index (χ1n) is 8.60. The number of rotatable bonds is 5. The van der Waals surface area contributed by atoms with E-state index in [0.29, 0.717) is 6.04 Å². The van der Waals surface area contributed by atoms with E-state index in [1.54, 1.807) is 0 Å². The van der Waals surface area contributed by atoms with Crippen molar-refractivity contribution in [3.05, 3.63) is 42.6 Å². The minimum absolute atomic E-state index is 0.321.